The molecular weight excluding hydrogens is 190 g/mol. The van der Waals surface area contributed by atoms with Gasteiger partial charge < -0.3 is 10.7 Å². The first-order valence-electron chi connectivity index (χ1n) is 3.59. The maximum Gasteiger partial charge on any atom is 0.338 e. The van der Waals surface area contributed by atoms with Gasteiger partial charge in [-0.05, 0) is 0 Å². The summed E-state index contributed by atoms with van der Waals surface area (Å²) in [5.74, 6) is 0. The van der Waals surface area contributed by atoms with Crippen LogP contribution in [0.5, 0.6) is 0 Å². The fraction of sp³-hybridized carbons (Fsp3) is 0. The highest BCUT2D eigenvalue weighted by Gasteiger charge is 2.12. The van der Waals surface area contributed by atoms with Gasteiger partial charge in [-0.1, -0.05) is 0 Å². The average Bonchev–Trinajstić information content (AvgIpc) is 2.50. The Morgan fingerprint density at radius 2 is 2.21 bits per heavy atom. The van der Waals surface area contributed by atoms with E-state index < -0.39 is 17.3 Å². The molecule has 0 aliphatic heterocycles. The van der Waals surface area contributed by atoms with Crippen LogP contribution in [0.15, 0.2) is 15.9 Å². The molecule has 2 aromatic heterocycles. The SMILES string of the molecule is NC(=O)n1c(=O)[nH]c2nc[nH]c2c1=O. The molecule has 0 unspecified atom stereocenters. The minimum atomic E-state index is -1.13. The highest BCUT2D eigenvalue weighted by Crippen LogP contribution is 1.94. The van der Waals surface area contributed by atoms with Crippen LogP contribution in [0.2, 0.25) is 0 Å². The third-order valence-electron chi connectivity index (χ3n) is 1.71. The Morgan fingerprint density at radius 1 is 1.50 bits per heavy atom. The lowest BCUT2D eigenvalue weighted by molar-refractivity contribution is 0.248. The topological polar surface area (TPSA) is 127 Å². The van der Waals surface area contributed by atoms with Crippen LogP contribution in [0.3, 0.4) is 0 Å². The quantitative estimate of drug-likeness (QED) is 0.464. The molecule has 8 nitrogen and oxygen atoms in total. The van der Waals surface area contributed by atoms with Crippen LogP contribution < -0.4 is 17.0 Å². The molecule has 0 aliphatic rings. The molecule has 0 saturated carbocycles. The van der Waals surface area contributed by atoms with Crippen molar-refractivity contribution in [3.8, 4) is 0 Å². The number of aromatic nitrogens is 4. The van der Waals surface area contributed by atoms with E-state index in [1.807, 2.05) is 0 Å². The number of rotatable bonds is 0. The van der Waals surface area contributed by atoms with E-state index in [-0.39, 0.29) is 11.2 Å². The fourth-order valence-corrected chi connectivity index (χ4v) is 1.11. The normalized spacial score (nSPS) is 10.6. The summed E-state index contributed by atoms with van der Waals surface area (Å²) in [6.07, 6.45) is 1.23. The second-order valence-electron chi connectivity index (χ2n) is 2.54. The van der Waals surface area contributed by atoms with E-state index in [1.165, 1.54) is 6.33 Å². The van der Waals surface area contributed by atoms with Crippen LogP contribution >= 0.6 is 0 Å². The largest absolute Gasteiger partial charge is 0.351 e. The molecule has 14 heavy (non-hydrogen) atoms. The first kappa shape index (κ1) is 8.23. The third kappa shape index (κ3) is 0.937. The maximum atomic E-state index is 11.4. The summed E-state index contributed by atoms with van der Waals surface area (Å²) < 4.78 is 0.292. The lowest BCUT2D eigenvalue weighted by Crippen LogP contribution is -2.42. The van der Waals surface area contributed by atoms with Gasteiger partial charge in [-0.2, -0.15) is 4.57 Å². The number of amides is 1. The summed E-state index contributed by atoms with van der Waals surface area (Å²) in [7, 11) is 0. The lowest BCUT2D eigenvalue weighted by Gasteiger charge is -1.96. The Kier molecular flexibility index (Phi) is 1.50. The summed E-state index contributed by atoms with van der Waals surface area (Å²) in [4.78, 5) is 41.7. The van der Waals surface area contributed by atoms with Gasteiger partial charge in [-0.25, -0.2) is 14.6 Å². The number of carbonyl (C=O) groups excluding carboxylic acids is 1. The average molecular weight is 195 g/mol. The summed E-state index contributed by atoms with van der Waals surface area (Å²) >= 11 is 0. The minimum Gasteiger partial charge on any atom is -0.351 e. The Bertz CT molecular complexity index is 618. The Labute approximate surface area is 75.4 Å². The van der Waals surface area contributed by atoms with E-state index in [0.717, 1.165) is 0 Å². The van der Waals surface area contributed by atoms with E-state index in [2.05, 4.69) is 15.0 Å². The first-order chi connectivity index (χ1) is 6.61. The Balaban J connectivity index is 3.05. The van der Waals surface area contributed by atoms with Gasteiger partial charge in [0.2, 0.25) is 0 Å². The summed E-state index contributed by atoms with van der Waals surface area (Å²) in [5, 5.41) is 0. The van der Waals surface area contributed by atoms with Gasteiger partial charge >= 0.3 is 11.7 Å². The van der Waals surface area contributed by atoms with Gasteiger partial charge in [0.25, 0.3) is 5.56 Å². The number of nitrogens with two attached hydrogens (primary N) is 1. The van der Waals surface area contributed by atoms with Crippen molar-refractivity contribution < 1.29 is 4.79 Å². The molecule has 0 aliphatic carbocycles. The number of imidazole rings is 1. The molecule has 0 saturated heterocycles. The number of hydrogen-bond donors (Lipinski definition) is 3. The molecule has 72 valence electrons. The number of H-pyrrole nitrogens is 2. The van der Waals surface area contributed by atoms with Gasteiger partial charge in [0.15, 0.2) is 5.65 Å². The molecule has 2 aromatic rings. The second kappa shape index (κ2) is 2.55. The van der Waals surface area contributed by atoms with Crippen LogP contribution in [0, 0.1) is 0 Å². The summed E-state index contributed by atoms with van der Waals surface area (Å²) in [6.45, 7) is 0. The van der Waals surface area contributed by atoms with E-state index in [1.54, 1.807) is 0 Å². The van der Waals surface area contributed by atoms with Crippen LogP contribution in [0.1, 0.15) is 0 Å². The van der Waals surface area contributed by atoms with Crippen molar-refractivity contribution in [2.45, 2.75) is 0 Å². The number of nitrogens with zero attached hydrogens (tertiary/aromatic N) is 2. The van der Waals surface area contributed by atoms with Gasteiger partial charge in [0, 0.05) is 0 Å². The fourth-order valence-electron chi connectivity index (χ4n) is 1.11. The van der Waals surface area contributed by atoms with Crippen molar-refractivity contribution >= 4 is 17.2 Å². The van der Waals surface area contributed by atoms with Crippen molar-refractivity contribution in [3.05, 3.63) is 27.2 Å². The van der Waals surface area contributed by atoms with Crippen molar-refractivity contribution in [1.29, 1.82) is 0 Å². The zero-order valence-corrected chi connectivity index (χ0v) is 6.77. The highest BCUT2D eigenvalue weighted by atomic mass is 16.2. The first-order valence-corrected chi connectivity index (χ1v) is 3.59. The molecule has 2 rings (SSSR count). The van der Waals surface area contributed by atoms with Crippen LogP contribution in [-0.2, 0) is 0 Å². The monoisotopic (exact) mass is 195 g/mol. The number of aromatic amines is 2. The standard InChI is InChI=1S/C6H5N5O3/c7-5(13)11-4(12)2-3(9-1-8-2)10-6(11)14/h1H,(H2,7,13)(H,8,9)(H,10,14). The molecule has 0 spiro atoms. The highest BCUT2D eigenvalue weighted by molar-refractivity contribution is 5.78. The van der Waals surface area contributed by atoms with Gasteiger partial charge in [-0.15, -0.1) is 0 Å². The smallest absolute Gasteiger partial charge is 0.338 e. The van der Waals surface area contributed by atoms with Crippen LogP contribution in [0.4, 0.5) is 4.79 Å². The molecule has 0 fully saturated rings. The van der Waals surface area contributed by atoms with Gasteiger partial charge in [0.05, 0.1) is 6.33 Å². The van der Waals surface area contributed by atoms with Crippen molar-refractivity contribution in [1.82, 2.24) is 19.5 Å². The summed E-state index contributed by atoms with van der Waals surface area (Å²) in [6, 6.07) is -1.13. The number of primary amides is 1. The zero-order valence-electron chi connectivity index (χ0n) is 6.77. The molecule has 0 bridgehead atoms. The predicted molar refractivity (Wildman–Crippen MR) is 46.0 cm³/mol. The van der Waals surface area contributed by atoms with Crippen molar-refractivity contribution in [2.24, 2.45) is 5.73 Å². The summed E-state index contributed by atoms with van der Waals surface area (Å²) in [5.41, 5.74) is 3.26. The van der Waals surface area contributed by atoms with Gasteiger partial charge in [0.1, 0.15) is 5.52 Å². The van der Waals surface area contributed by atoms with Crippen molar-refractivity contribution in [2.75, 3.05) is 0 Å². The molecule has 8 heteroatoms. The maximum absolute atomic E-state index is 11.4. The number of fused-ring (bicyclic) bond motifs is 1. The Hall–Kier alpha value is -2.38. The number of nitrogens with one attached hydrogen (secondary N) is 2. The Morgan fingerprint density at radius 3 is 2.86 bits per heavy atom. The van der Waals surface area contributed by atoms with E-state index in [0.29, 0.717) is 4.57 Å². The molecule has 1 amide bonds. The minimum absolute atomic E-state index is 0.0309. The number of carbonyl (C=O) groups is 1. The van der Waals surface area contributed by atoms with E-state index in [9.17, 15) is 14.4 Å². The molecule has 0 radical (unpaired) electrons. The van der Waals surface area contributed by atoms with E-state index in [4.69, 9.17) is 5.73 Å². The molecule has 2 heterocycles. The molecule has 0 aromatic carbocycles. The van der Waals surface area contributed by atoms with Crippen molar-refractivity contribution in [3.63, 3.8) is 0 Å². The second-order valence-corrected chi connectivity index (χ2v) is 2.54. The van der Waals surface area contributed by atoms with Gasteiger partial charge in [-0.3, -0.25) is 9.78 Å². The van der Waals surface area contributed by atoms with E-state index >= 15 is 0 Å². The predicted octanol–water partition coefficient (Wildman–Crippen LogP) is -1.66. The number of hydrogen-bond acceptors (Lipinski definition) is 4. The third-order valence-corrected chi connectivity index (χ3v) is 1.71. The molecule has 4 N–H and O–H groups in total. The zero-order chi connectivity index (χ0) is 10.3. The van der Waals surface area contributed by atoms with Crippen LogP contribution in [-0.4, -0.2) is 25.6 Å². The molecule has 0 atom stereocenters. The molecular formula is C6H5N5O3. The lowest BCUT2D eigenvalue weighted by atomic mass is 10.5. The van der Waals surface area contributed by atoms with Crippen LogP contribution in [0.25, 0.3) is 11.2 Å².